The van der Waals surface area contributed by atoms with E-state index < -0.39 is 0 Å². The molecule has 0 N–H and O–H groups in total. The van der Waals surface area contributed by atoms with Crippen LogP contribution in [0, 0.1) is 20.8 Å². The Morgan fingerprint density at radius 1 is 1.23 bits per heavy atom. The number of fused-ring (bicyclic) bond motifs is 1. The third kappa shape index (κ3) is 3.36. The van der Waals surface area contributed by atoms with E-state index in [1.807, 2.05) is 32.6 Å². The monoisotopic (exact) mass is 357 g/mol. The second-order valence-corrected chi connectivity index (χ2v) is 6.74. The number of furan rings is 1. The fourth-order valence-electron chi connectivity index (χ4n) is 3.37. The smallest absolute Gasteiger partial charge is 0.247 e. The van der Waals surface area contributed by atoms with E-state index in [1.54, 1.807) is 6.08 Å². The first-order valence-electron chi connectivity index (χ1n) is 9.15. The molecule has 0 aliphatic carbocycles. The predicted molar refractivity (Wildman–Crippen MR) is 103 cm³/mol. The number of hydrogen-bond donors (Lipinski definition) is 0. The van der Waals surface area contributed by atoms with Gasteiger partial charge in [-0.2, -0.15) is 0 Å². The van der Waals surface area contributed by atoms with Gasteiger partial charge in [-0.1, -0.05) is 0 Å². The zero-order valence-corrected chi connectivity index (χ0v) is 16.3. The molecule has 1 aliphatic rings. The Balaban J connectivity index is 2.06. The summed E-state index contributed by atoms with van der Waals surface area (Å²) < 4.78 is 17.2. The minimum Gasteiger partial charge on any atom is -0.493 e. The minimum atomic E-state index is 0.0195. The lowest BCUT2D eigenvalue weighted by Gasteiger charge is -2.26. The normalized spacial score (nSPS) is 15.6. The van der Waals surface area contributed by atoms with Crippen molar-refractivity contribution in [3.05, 3.63) is 34.6 Å². The van der Waals surface area contributed by atoms with Crippen molar-refractivity contribution in [2.45, 2.75) is 34.6 Å². The Morgan fingerprint density at radius 2 is 1.92 bits per heavy atom. The molecule has 0 spiro atoms. The fraction of sp³-hybridized carbons (Fsp3) is 0.476. The van der Waals surface area contributed by atoms with Gasteiger partial charge in [0.2, 0.25) is 5.91 Å². The summed E-state index contributed by atoms with van der Waals surface area (Å²) in [5.74, 6) is 1.72. The van der Waals surface area contributed by atoms with Gasteiger partial charge in [-0.15, -0.1) is 0 Å². The molecule has 5 heteroatoms. The summed E-state index contributed by atoms with van der Waals surface area (Å²) in [7, 11) is 0. The molecule has 1 aromatic heterocycles. The van der Waals surface area contributed by atoms with Crippen LogP contribution in [0.2, 0.25) is 0 Å². The van der Waals surface area contributed by atoms with Crippen LogP contribution in [-0.2, 0) is 9.53 Å². The average molecular weight is 357 g/mol. The molecule has 2 aromatic rings. The highest BCUT2D eigenvalue weighted by Crippen LogP contribution is 2.38. The molecular weight excluding hydrogens is 330 g/mol. The van der Waals surface area contributed by atoms with Gasteiger partial charge in [-0.25, -0.2) is 0 Å². The number of amides is 1. The maximum Gasteiger partial charge on any atom is 0.247 e. The Hall–Kier alpha value is -2.27. The van der Waals surface area contributed by atoms with Crippen molar-refractivity contribution in [2.75, 3.05) is 32.9 Å². The molecule has 1 saturated heterocycles. The molecule has 0 saturated carbocycles. The summed E-state index contributed by atoms with van der Waals surface area (Å²) in [4.78, 5) is 14.4. The third-order valence-electron chi connectivity index (χ3n) is 5.02. The van der Waals surface area contributed by atoms with E-state index in [2.05, 4.69) is 13.0 Å². The number of allylic oxidation sites excluding steroid dienone is 1. The summed E-state index contributed by atoms with van der Waals surface area (Å²) >= 11 is 0. The van der Waals surface area contributed by atoms with Crippen molar-refractivity contribution < 1.29 is 18.7 Å². The molecule has 1 fully saturated rings. The van der Waals surface area contributed by atoms with Crippen molar-refractivity contribution in [1.29, 1.82) is 0 Å². The van der Waals surface area contributed by atoms with Crippen LogP contribution in [0.25, 0.3) is 16.5 Å². The Bertz CT molecular complexity index is 857. The first-order valence-corrected chi connectivity index (χ1v) is 9.15. The van der Waals surface area contributed by atoms with Gasteiger partial charge in [-0.05, 0) is 51.8 Å². The molecule has 3 rings (SSSR count). The molecular formula is C21H27NO4. The van der Waals surface area contributed by atoms with Crippen LogP contribution < -0.4 is 4.74 Å². The standard InChI is InChI=1S/C21H27NO4/c1-6-25-20-15(4)21-18(14(3)16(5)26-21)12-17(20)13(2)11-19(23)22-7-9-24-10-8-22/h11-12H,6-10H2,1-5H3/b13-11+. The summed E-state index contributed by atoms with van der Waals surface area (Å²) in [6.45, 7) is 13.0. The summed E-state index contributed by atoms with van der Waals surface area (Å²) in [6, 6.07) is 2.08. The van der Waals surface area contributed by atoms with Gasteiger partial charge in [-0.3, -0.25) is 4.79 Å². The van der Waals surface area contributed by atoms with Gasteiger partial charge in [0, 0.05) is 35.7 Å². The number of aryl methyl sites for hydroxylation is 3. The van der Waals surface area contributed by atoms with Gasteiger partial charge in [0.15, 0.2) is 0 Å². The SMILES string of the molecule is CCOc1c(/C(C)=C/C(=O)N2CCOCC2)cc2c(C)c(C)oc2c1C. The highest BCUT2D eigenvalue weighted by atomic mass is 16.5. The van der Waals surface area contributed by atoms with Crippen LogP contribution in [0.1, 0.15) is 36.3 Å². The van der Waals surface area contributed by atoms with Crippen molar-refractivity contribution in [3.8, 4) is 5.75 Å². The Morgan fingerprint density at radius 3 is 2.58 bits per heavy atom. The number of rotatable bonds is 4. The minimum absolute atomic E-state index is 0.0195. The molecule has 140 valence electrons. The largest absolute Gasteiger partial charge is 0.493 e. The van der Waals surface area contributed by atoms with E-state index >= 15 is 0 Å². The highest BCUT2D eigenvalue weighted by Gasteiger charge is 2.20. The molecule has 1 aromatic carbocycles. The van der Waals surface area contributed by atoms with E-state index in [-0.39, 0.29) is 5.91 Å². The highest BCUT2D eigenvalue weighted by molar-refractivity contribution is 5.98. The van der Waals surface area contributed by atoms with Gasteiger partial charge in [0.1, 0.15) is 17.1 Å². The molecule has 0 atom stereocenters. The Kier molecular flexibility index (Phi) is 5.37. The van der Waals surface area contributed by atoms with Crippen LogP contribution >= 0.6 is 0 Å². The zero-order valence-electron chi connectivity index (χ0n) is 16.3. The van der Waals surface area contributed by atoms with E-state index in [1.165, 1.54) is 0 Å². The summed E-state index contributed by atoms with van der Waals surface area (Å²) in [5, 5.41) is 1.07. The first kappa shape index (κ1) is 18.5. The van der Waals surface area contributed by atoms with Crippen molar-refractivity contribution >= 4 is 22.4 Å². The van der Waals surface area contributed by atoms with Gasteiger partial charge >= 0.3 is 0 Å². The Labute approximate surface area is 154 Å². The van der Waals surface area contributed by atoms with Crippen LogP contribution in [0.5, 0.6) is 5.75 Å². The summed E-state index contributed by atoms with van der Waals surface area (Å²) in [6.07, 6.45) is 1.71. The summed E-state index contributed by atoms with van der Waals surface area (Å²) in [5.41, 5.74) is 4.80. The second kappa shape index (κ2) is 7.54. The predicted octanol–water partition coefficient (Wildman–Crippen LogP) is 4.02. The molecule has 0 unspecified atom stereocenters. The molecule has 1 amide bonds. The lowest BCUT2D eigenvalue weighted by molar-refractivity contribution is -0.129. The number of benzene rings is 1. The maximum atomic E-state index is 12.6. The molecule has 0 bridgehead atoms. The quantitative estimate of drug-likeness (QED) is 0.776. The number of hydrogen-bond acceptors (Lipinski definition) is 4. The van der Waals surface area contributed by atoms with E-state index in [0.717, 1.165) is 44.7 Å². The van der Waals surface area contributed by atoms with Crippen molar-refractivity contribution in [3.63, 3.8) is 0 Å². The van der Waals surface area contributed by atoms with Crippen LogP contribution in [-0.4, -0.2) is 43.7 Å². The first-order chi connectivity index (χ1) is 12.4. The van der Waals surface area contributed by atoms with Gasteiger partial charge < -0.3 is 18.8 Å². The van der Waals surface area contributed by atoms with Crippen LogP contribution in [0.4, 0.5) is 0 Å². The van der Waals surface area contributed by atoms with Crippen LogP contribution in [0.3, 0.4) is 0 Å². The number of morpholine rings is 1. The number of nitrogens with zero attached hydrogens (tertiary/aromatic N) is 1. The number of carbonyl (C=O) groups excluding carboxylic acids is 1. The topological polar surface area (TPSA) is 51.9 Å². The maximum absolute atomic E-state index is 12.6. The van der Waals surface area contributed by atoms with Crippen LogP contribution in [0.15, 0.2) is 16.6 Å². The van der Waals surface area contributed by atoms with E-state index in [9.17, 15) is 4.79 Å². The average Bonchev–Trinajstić information content (AvgIpc) is 2.93. The lowest BCUT2D eigenvalue weighted by atomic mass is 9.98. The molecule has 26 heavy (non-hydrogen) atoms. The molecule has 0 radical (unpaired) electrons. The lowest BCUT2D eigenvalue weighted by Crippen LogP contribution is -2.39. The van der Waals surface area contributed by atoms with Crippen molar-refractivity contribution in [2.24, 2.45) is 0 Å². The number of carbonyl (C=O) groups is 1. The zero-order chi connectivity index (χ0) is 18.8. The molecule has 2 heterocycles. The fourth-order valence-corrected chi connectivity index (χ4v) is 3.37. The third-order valence-corrected chi connectivity index (χ3v) is 5.02. The molecule has 5 nitrogen and oxygen atoms in total. The number of ether oxygens (including phenoxy) is 2. The van der Waals surface area contributed by atoms with Gasteiger partial charge in [0.05, 0.1) is 19.8 Å². The van der Waals surface area contributed by atoms with E-state index in [4.69, 9.17) is 13.9 Å². The van der Waals surface area contributed by atoms with Gasteiger partial charge in [0.25, 0.3) is 0 Å². The van der Waals surface area contributed by atoms with E-state index in [0.29, 0.717) is 32.9 Å². The van der Waals surface area contributed by atoms with Crippen molar-refractivity contribution in [1.82, 2.24) is 4.90 Å². The second-order valence-electron chi connectivity index (χ2n) is 6.74. The molecule has 1 aliphatic heterocycles.